The van der Waals surface area contributed by atoms with Crippen molar-refractivity contribution in [2.45, 2.75) is 20.3 Å². The standard InChI is InChI=1S/C15H25N3O2/c1-4-18(5-2)10-6-9-17-14-11-12(15(19)20-3)7-8-13(14)16/h7-8,11,17H,4-6,9-10,16H2,1-3H3. The molecule has 0 aliphatic heterocycles. The highest BCUT2D eigenvalue weighted by atomic mass is 16.5. The van der Waals surface area contributed by atoms with E-state index in [1.165, 1.54) is 7.11 Å². The minimum absolute atomic E-state index is 0.351. The van der Waals surface area contributed by atoms with Crippen molar-refractivity contribution in [3.63, 3.8) is 0 Å². The van der Waals surface area contributed by atoms with E-state index in [1.807, 2.05) is 0 Å². The molecule has 5 heteroatoms. The van der Waals surface area contributed by atoms with E-state index in [2.05, 4.69) is 24.1 Å². The van der Waals surface area contributed by atoms with Gasteiger partial charge in [-0.3, -0.25) is 0 Å². The third-order valence-electron chi connectivity index (χ3n) is 3.34. The number of ether oxygens (including phenoxy) is 1. The zero-order chi connectivity index (χ0) is 15.0. The molecule has 0 unspecified atom stereocenters. The molecule has 0 aromatic heterocycles. The van der Waals surface area contributed by atoms with Crippen molar-refractivity contribution in [3.05, 3.63) is 23.8 Å². The number of nitrogens with zero attached hydrogens (tertiary/aromatic N) is 1. The summed E-state index contributed by atoms with van der Waals surface area (Å²) < 4.78 is 4.70. The zero-order valence-corrected chi connectivity index (χ0v) is 12.6. The number of anilines is 2. The number of nitrogen functional groups attached to an aromatic ring is 1. The molecule has 1 aromatic carbocycles. The Kier molecular flexibility index (Phi) is 6.87. The van der Waals surface area contributed by atoms with Gasteiger partial charge in [-0.15, -0.1) is 0 Å². The molecule has 0 spiro atoms. The Morgan fingerprint density at radius 2 is 2.05 bits per heavy atom. The number of hydrogen-bond acceptors (Lipinski definition) is 5. The van der Waals surface area contributed by atoms with E-state index in [4.69, 9.17) is 10.5 Å². The maximum Gasteiger partial charge on any atom is 0.337 e. The Hall–Kier alpha value is -1.75. The molecule has 0 atom stereocenters. The number of methoxy groups -OCH3 is 1. The summed E-state index contributed by atoms with van der Waals surface area (Å²) in [7, 11) is 1.37. The quantitative estimate of drug-likeness (QED) is 0.434. The minimum Gasteiger partial charge on any atom is -0.465 e. The second-order valence-electron chi connectivity index (χ2n) is 4.60. The van der Waals surface area contributed by atoms with Gasteiger partial charge in [0.2, 0.25) is 0 Å². The minimum atomic E-state index is -0.351. The molecule has 0 radical (unpaired) electrons. The SMILES string of the molecule is CCN(CC)CCCNc1cc(C(=O)OC)ccc1N. The first kappa shape index (κ1) is 16.3. The number of nitrogens with two attached hydrogens (primary N) is 1. The second kappa shape index (κ2) is 8.43. The fourth-order valence-electron chi connectivity index (χ4n) is 2.02. The highest BCUT2D eigenvalue weighted by Gasteiger charge is 2.08. The van der Waals surface area contributed by atoms with E-state index in [1.54, 1.807) is 18.2 Å². The van der Waals surface area contributed by atoms with Crippen LogP contribution in [0.2, 0.25) is 0 Å². The smallest absolute Gasteiger partial charge is 0.337 e. The zero-order valence-electron chi connectivity index (χ0n) is 12.6. The average molecular weight is 279 g/mol. The molecule has 0 heterocycles. The number of benzene rings is 1. The van der Waals surface area contributed by atoms with Crippen LogP contribution in [0.4, 0.5) is 11.4 Å². The summed E-state index contributed by atoms with van der Waals surface area (Å²) in [4.78, 5) is 13.8. The highest BCUT2D eigenvalue weighted by Crippen LogP contribution is 2.20. The number of carbonyl (C=O) groups is 1. The van der Waals surface area contributed by atoms with Crippen LogP contribution in [0.1, 0.15) is 30.6 Å². The molecule has 1 rings (SSSR count). The molecule has 1 aromatic rings. The first-order valence-electron chi connectivity index (χ1n) is 7.06. The maximum atomic E-state index is 11.5. The van der Waals surface area contributed by atoms with Crippen LogP contribution in [-0.2, 0) is 4.74 Å². The third-order valence-corrected chi connectivity index (χ3v) is 3.34. The van der Waals surface area contributed by atoms with E-state index in [9.17, 15) is 4.79 Å². The maximum absolute atomic E-state index is 11.5. The summed E-state index contributed by atoms with van der Waals surface area (Å²) in [6.45, 7) is 8.33. The lowest BCUT2D eigenvalue weighted by Gasteiger charge is -2.18. The summed E-state index contributed by atoms with van der Waals surface area (Å²) in [6, 6.07) is 5.12. The molecule has 0 aliphatic carbocycles. The lowest BCUT2D eigenvalue weighted by Crippen LogP contribution is -2.25. The van der Waals surface area contributed by atoms with Gasteiger partial charge in [0, 0.05) is 6.54 Å². The second-order valence-corrected chi connectivity index (χ2v) is 4.60. The van der Waals surface area contributed by atoms with Gasteiger partial charge in [0.05, 0.1) is 24.0 Å². The summed E-state index contributed by atoms with van der Waals surface area (Å²) in [5.41, 5.74) is 7.83. The summed E-state index contributed by atoms with van der Waals surface area (Å²) in [5.74, 6) is -0.351. The van der Waals surface area contributed by atoms with Gasteiger partial charge in [0.15, 0.2) is 0 Å². The van der Waals surface area contributed by atoms with Gasteiger partial charge in [-0.1, -0.05) is 13.8 Å². The van der Waals surface area contributed by atoms with E-state index >= 15 is 0 Å². The van der Waals surface area contributed by atoms with Crippen molar-refractivity contribution in [1.29, 1.82) is 0 Å². The van der Waals surface area contributed by atoms with Gasteiger partial charge < -0.3 is 20.7 Å². The topological polar surface area (TPSA) is 67.6 Å². The molecule has 3 N–H and O–H groups in total. The van der Waals surface area contributed by atoms with Crippen molar-refractivity contribution in [1.82, 2.24) is 4.90 Å². The molecule has 0 fully saturated rings. The van der Waals surface area contributed by atoms with Crippen LogP contribution in [0.5, 0.6) is 0 Å². The Bertz CT molecular complexity index is 431. The largest absolute Gasteiger partial charge is 0.465 e. The van der Waals surface area contributed by atoms with Gasteiger partial charge in [0.25, 0.3) is 0 Å². The van der Waals surface area contributed by atoms with Gasteiger partial charge in [-0.25, -0.2) is 4.79 Å². The van der Waals surface area contributed by atoms with E-state index < -0.39 is 0 Å². The van der Waals surface area contributed by atoms with Crippen molar-refractivity contribution in [2.75, 3.05) is 44.3 Å². The molecular formula is C15H25N3O2. The van der Waals surface area contributed by atoms with Crippen LogP contribution in [0.3, 0.4) is 0 Å². The molecule has 112 valence electrons. The van der Waals surface area contributed by atoms with E-state index in [-0.39, 0.29) is 5.97 Å². The third kappa shape index (κ3) is 4.74. The fraction of sp³-hybridized carbons (Fsp3) is 0.533. The molecule has 0 amide bonds. The lowest BCUT2D eigenvalue weighted by atomic mass is 10.1. The Labute approximate surface area is 121 Å². The molecule has 0 saturated carbocycles. The van der Waals surface area contributed by atoms with Crippen LogP contribution in [-0.4, -0.2) is 44.2 Å². The molecule has 20 heavy (non-hydrogen) atoms. The molecule has 0 aliphatic rings. The predicted octanol–water partition coefficient (Wildman–Crippen LogP) is 2.20. The van der Waals surface area contributed by atoms with Crippen LogP contribution in [0.25, 0.3) is 0 Å². The molecule has 5 nitrogen and oxygen atoms in total. The average Bonchev–Trinajstić information content (AvgIpc) is 2.48. The first-order valence-corrected chi connectivity index (χ1v) is 7.06. The van der Waals surface area contributed by atoms with Crippen LogP contribution in [0.15, 0.2) is 18.2 Å². The monoisotopic (exact) mass is 279 g/mol. The summed E-state index contributed by atoms with van der Waals surface area (Å²) in [6.07, 6.45) is 1.03. The molecule has 0 bridgehead atoms. The number of esters is 1. The Morgan fingerprint density at radius 3 is 2.65 bits per heavy atom. The van der Waals surface area contributed by atoms with Gasteiger partial charge in [-0.05, 0) is 44.3 Å². The lowest BCUT2D eigenvalue weighted by molar-refractivity contribution is 0.0601. The van der Waals surface area contributed by atoms with Crippen LogP contribution in [0, 0.1) is 0 Å². The van der Waals surface area contributed by atoms with E-state index in [0.717, 1.165) is 38.3 Å². The van der Waals surface area contributed by atoms with Crippen molar-refractivity contribution in [2.24, 2.45) is 0 Å². The highest BCUT2D eigenvalue weighted by molar-refractivity contribution is 5.91. The molecular weight excluding hydrogens is 254 g/mol. The van der Waals surface area contributed by atoms with Crippen molar-refractivity contribution < 1.29 is 9.53 Å². The predicted molar refractivity (Wildman–Crippen MR) is 83.1 cm³/mol. The van der Waals surface area contributed by atoms with Crippen molar-refractivity contribution in [3.8, 4) is 0 Å². The summed E-state index contributed by atoms with van der Waals surface area (Å²) >= 11 is 0. The van der Waals surface area contributed by atoms with Crippen LogP contribution < -0.4 is 11.1 Å². The van der Waals surface area contributed by atoms with Gasteiger partial charge in [-0.2, -0.15) is 0 Å². The van der Waals surface area contributed by atoms with Gasteiger partial charge >= 0.3 is 5.97 Å². The number of nitrogens with one attached hydrogen (secondary N) is 1. The normalized spacial score (nSPS) is 10.6. The number of hydrogen-bond donors (Lipinski definition) is 2. The van der Waals surface area contributed by atoms with E-state index in [0.29, 0.717) is 11.3 Å². The first-order chi connectivity index (χ1) is 9.62. The number of carbonyl (C=O) groups excluding carboxylic acids is 1. The Morgan fingerprint density at radius 1 is 1.35 bits per heavy atom. The summed E-state index contributed by atoms with van der Waals surface area (Å²) in [5, 5.41) is 3.28. The Balaban J connectivity index is 2.52. The van der Waals surface area contributed by atoms with Crippen molar-refractivity contribution >= 4 is 17.3 Å². The molecule has 0 saturated heterocycles. The van der Waals surface area contributed by atoms with Gasteiger partial charge in [0.1, 0.15) is 0 Å². The van der Waals surface area contributed by atoms with Crippen LogP contribution >= 0.6 is 0 Å². The fourth-order valence-corrected chi connectivity index (χ4v) is 2.02. The number of rotatable bonds is 8.